The molecule has 1 radical (unpaired) electrons. The Bertz CT molecular complexity index is 252. The maximum Gasteiger partial charge on any atom is 0.285 e. The number of aromatic nitrogens is 3. The fraction of sp³-hybridized carbons (Fsp3) is 0. The molecule has 0 aliphatic rings. The van der Waals surface area contributed by atoms with Crippen LogP contribution in [0.25, 0.3) is 5.88 Å². The van der Waals surface area contributed by atoms with E-state index in [-0.39, 0.29) is 0 Å². The molecule has 2 aromatic heterocycles. The minimum absolute atomic E-state index is 0.623. The van der Waals surface area contributed by atoms with Crippen molar-refractivity contribution in [2.45, 2.75) is 0 Å². The van der Waals surface area contributed by atoms with Gasteiger partial charge in [0.15, 0.2) is 0 Å². The average molecular weight is 134 g/mol. The van der Waals surface area contributed by atoms with Crippen molar-refractivity contribution in [3.05, 3.63) is 31.3 Å². The molecule has 0 fully saturated rings. The largest absolute Gasteiger partial charge is 0.415 e. The van der Waals surface area contributed by atoms with Crippen molar-refractivity contribution in [2.24, 2.45) is 0 Å². The number of nitrogens with zero attached hydrogens (tertiary/aromatic N) is 3. The van der Waals surface area contributed by atoms with Gasteiger partial charge in [-0.15, -0.1) is 0 Å². The predicted molar refractivity (Wildman–Crippen MR) is 32.5 cm³/mol. The summed E-state index contributed by atoms with van der Waals surface area (Å²) in [4.78, 5) is 7.48. The molecule has 0 saturated heterocycles. The Labute approximate surface area is 57.1 Å². The first-order valence-corrected chi connectivity index (χ1v) is 2.77. The van der Waals surface area contributed by atoms with E-state index in [4.69, 9.17) is 4.42 Å². The molecule has 0 spiro atoms. The summed E-state index contributed by atoms with van der Waals surface area (Å²) in [5.41, 5.74) is 0. The summed E-state index contributed by atoms with van der Waals surface area (Å²) in [5.74, 6) is 0.623. The second kappa shape index (κ2) is 1.98. The third-order valence-electron chi connectivity index (χ3n) is 1.14. The van der Waals surface area contributed by atoms with Crippen LogP contribution in [0, 0.1) is 6.39 Å². The van der Waals surface area contributed by atoms with Gasteiger partial charge in [0.25, 0.3) is 6.39 Å². The van der Waals surface area contributed by atoms with Gasteiger partial charge in [-0.2, -0.15) is 0 Å². The Morgan fingerprint density at radius 1 is 1.60 bits per heavy atom. The molecule has 0 aromatic carbocycles. The highest BCUT2D eigenvalue weighted by atomic mass is 16.4. The van der Waals surface area contributed by atoms with E-state index in [9.17, 15) is 0 Å². The van der Waals surface area contributed by atoms with E-state index in [1.54, 1.807) is 29.5 Å². The fourth-order valence-electron chi connectivity index (χ4n) is 0.690. The van der Waals surface area contributed by atoms with Crippen molar-refractivity contribution in [1.82, 2.24) is 14.5 Å². The van der Waals surface area contributed by atoms with Crippen molar-refractivity contribution in [3.63, 3.8) is 0 Å². The summed E-state index contributed by atoms with van der Waals surface area (Å²) in [7, 11) is 0. The van der Waals surface area contributed by atoms with E-state index >= 15 is 0 Å². The van der Waals surface area contributed by atoms with Gasteiger partial charge >= 0.3 is 0 Å². The molecule has 49 valence electrons. The van der Waals surface area contributed by atoms with Crippen LogP contribution >= 0.6 is 0 Å². The van der Waals surface area contributed by atoms with E-state index < -0.39 is 0 Å². The van der Waals surface area contributed by atoms with Gasteiger partial charge in [0.05, 0.1) is 6.20 Å². The Morgan fingerprint density at radius 3 is 3.20 bits per heavy atom. The van der Waals surface area contributed by atoms with E-state index in [0.717, 1.165) is 0 Å². The van der Waals surface area contributed by atoms with E-state index in [2.05, 4.69) is 16.4 Å². The lowest BCUT2D eigenvalue weighted by atomic mass is 10.7. The van der Waals surface area contributed by atoms with Crippen LogP contribution in [0.5, 0.6) is 0 Å². The maximum atomic E-state index is 4.86. The molecule has 0 bridgehead atoms. The lowest BCUT2D eigenvalue weighted by molar-refractivity contribution is 0.522. The van der Waals surface area contributed by atoms with Crippen LogP contribution in [-0.2, 0) is 0 Å². The van der Waals surface area contributed by atoms with Crippen molar-refractivity contribution < 1.29 is 4.42 Å². The lowest BCUT2D eigenvalue weighted by Gasteiger charge is -1.89. The van der Waals surface area contributed by atoms with Crippen molar-refractivity contribution in [3.8, 4) is 5.88 Å². The molecule has 2 aromatic rings. The highest BCUT2D eigenvalue weighted by molar-refractivity contribution is 5.11. The highest BCUT2D eigenvalue weighted by Gasteiger charge is 1.95. The molecule has 0 saturated carbocycles. The third kappa shape index (κ3) is 0.699. The lowest BCUT2D eigenvalue weighted by Crippen LogP contribution is -1.84. The quantitative estimate of drug-likeness (QED) is 0.575. The van der Waals surface area contributed by atoms with Crippen LogP contribution in [0.15, 0.2) is 29.3 Å². The number of hydrogen-bond acceptors (Lipinski definition) is 3. The number of imidazole rings is 1. The number of rotatable bonds is 1. The normalized spacial score (nSPS) is 10.0. The fourth-order valence-corrected chi connectivity index (χ4v) is 0.690. The second-order valence-electron chi connectivity index (χ2n) is 1.76. The van der Waals surface area contributed by atoms with Gasteiger partial charge in [-0.25, -0.2) is 9.97 Å². The van der Waals surface area contributed by atoms with Gasteiger partial charge in [0, 0.05) is 12.4 Å². The van der Waals surface area contributed by atoms with E-state index in [1.165, 1.54) is 0 Å². The molecule has 0 amide bonds. The summed E-state index contributed by atoms with van der Waals surface area (Å²) in [6.07, 6.45) is 8.99. The predicted octanol–water partition coefficient (Wildman–Crippen LogP) is 0.660. The van der Waals surface area contributed by atoms with Crippen LogP contribution in [0.2, 0.25) is 0 Å². The Morgan fingerprint density at radius 2 is 2.60 bits per heavy atom. The summed E-state index contributed by atoms with van der Waals surface area (Å²) < 4.78 is 6.58. The summed E-state index contributed by atoms with van der Waals surface area (Å²) in [6, 6.07) is 0. The van der Waals surface area contributed by atoms with Crippen molar-refractivity contribution >= 4 is 0 Å². The SMILES string of the molecule is [c]1ncc(-n2ccnc2)o1. The van der Waals surface area contributed by atoms with Gasteiger partial charge in [-0.1, -0.05) is 0 Å². The Kier molecular flexibility index (Phi) is 1.04. The molecule has 4 heteroatoms. The van der Waals surface area contributed by atoms with Crippen LogP contribution in [0.4, 0.5) is 0 Å². The average Bonchev–Trinajstić information content (AvgIpc) is 2.59. The van der Waals surface area contributed by atoms with Crippen molar-refractivity contribution in [2.75, 3.05) is 0 Å². The maximum absolute atomic E-state index is 4.86. The van der Waals surface area contributed by atoms with Gasteiger partial charge in [0.1, 0.15) is 6.33 Å². The van der Waals surface area contributed by atoms with Crippen LogP contribution < -0.4 is 0 Å². The van der Waals surface area contributed by atoms with Gasteiger partial charge in [0.2, 0.25) is 5.88 Å². The number of hydrogen-bond donors (Lipinski definition) is 0. The summed E-state index contributed by atoms with van der Waals surface area (Å²) >= 11 is 0. The topological polar surface area (TPSA) is 43.9 Å². The molecule has 0 aliphatic heterocycles. The zero-order chi connectivity index (χ0) is 6.81. The summed E-state index contributed by atoms with van der Waals surface area (Å²) in [6.45, 7) is 0. The minimum atomic E-state index is 0.623. The smallest absolute Gasteiger partial charge is 0.285 e. The molecule has 0 atom stereocenters. The molecule has 0 aliphatic carbocycles. The van der Waals surface area contributed by atoms with Crippen LogP contribution in [-0.4, -0.2) is 14.5 Å². The van der Waals surface area contributed by atoms with E-state index in [1.807, 2.05) is 0 Å². The first-order chi connectivity index (χ1) is 4.97. The monoisotopic (exact) mass is 134 g/mol. The Balaban J connectivity index is 2.48. The van der Waals surface area contributed by atoms with Gasteiger partial charge in [-0.05, 0) is 0 Å². The molecular weight excluding hydrogens is 130 g/mol. The first kappa shape index (κ1) is 5.22. The molecule has 2 rings (SSSR count). The zero-order valence-corrected chi connectivity index (χ0v) is 5.06. The molecule has 10 heavy (non-hydrogen) atoms. The molecule has 0 N–H and O–H groups in total. The van der Waals surface area contributed by atoms with Crippen LogP contribution in [0.3, 0.4) is 0 Å². The Hall–Kier alpha value is -1.58. The van der Waals surface area contributed by atoms with Crippen molar-refractivity contribution in [1.29, 1.82) is 0 Å². The molecular formula is C6H4N3O. The summed E-state index contributed by atoms with van der Waals surface area (Å²) in [5, 5.41) is 0. The second-order valence-corrected chi connectivity index (χ2v) is 1.76. The van der Waals surface area contributed by atoms with Crippen LogP contribution in [0.1, 0.15) is 0 Å². The van der Waals surface area contributed by atoms with E-state index in [0.29, 0.717) is 5.88 Å². The number of oxazole rings is 1. The molecule has 4 nitrogen and oxygen atoms in total. The third-order valence-corrected chi connectivity index (χ3v) is 1.14. The van der Waals surface area contributed by atoms with Gasteiger partial charge in [-0.3, -0.25) is 4.57 Å². The highest BCUT2D eigenvalue weighted by Crippen LogP contribution is 2.02. The first-order valence-electron chi connectivity index (χ1n) is 2.77. The molecule has 2 heterocycles. The standard InChI is InChI=1S/C6H4N3O/c1-2-9(4-7-1)6-3-8-5-10-6/h1-4H. The zero-order valence-electron chi connectivity index (χ0n) is 5.06. The van der Waals surface area contributed by atoms with Gasteiger partial charge < -0.3 is 4.42 Å². The molecule has 0 unspecified atom stereocenters. The minimum Gasteiger partial charge on any atom is -0.415 e.